The van der Waals surface area contributed by atoms with Gasteiger partial charge in [0.15, 0.2) is 12.1 Å². The standard InChI is InChI=1S/C13H11FN2O3/c1-8(17)19-13(18)10-6-15-12(16-7-10)9-3-2-4-11(14)5-9/h2-8,17H,1H3. The molecule has 6 heteroatoms. The molecule has 1 N–H and O–H groups in total. The van der Waals surface area contributed by atoms with Gasteiger partial charge in [0.25, 0.3) is 0 Å². The van der Waals surface area contributed by atoms with Crippen LogP contribution in [0.2, 0.25) is 0 Å². The van der Waals surface area contributed by atoms with E-state index in [2.05, 4.69) is 14.7 Å². The normalized spacial score (nSPS) is 11.9. The molecule has 0 amide bonds. The summed E-state index contributed by atoms with van der Waals surface area (Å²) in [4.78, 5) is 19.4. The molecule has 0 aliphatic carbocycles. The second-order valence-electron chi connectivity index (χ2n) is 3.81. The van der Waals surface area contributed by atoms with E-state index in [0.717, 1.165) is 0 Å². The first-order valence-corrected chi connectivity index (χ1v) is 5.53. The Kier molecular flexibility index (Phi) is 3.82. The highest BCUT2D eigenvalue weighted by molar-refractivity contribution is 5.88. The number of aliphatic hydroxyl groups is 1. The minimum Gasteiger partial charge on any atom is -0.433 e. The minimum atomic E-state index is -1.20. The van der Waals surface area contributed by atoms with Gasteiger partial charge in [-0.15, -0.1) is 0 Å². The van der Waals surface area contributed by atoms with E-state index in [1.54, 1.807) is 12.1 Å². The Balaban J connectivity index is 2.21. The van der Waals surface area contributed by atoms with Crippen molar-refractivity contribution in [2.75, 3.05) is 0 Å². The fourth-order valence-electron chi connectivity index (χ4n) is 1.43. The number of aliphatic hydroxyl groups excluding tert-OH is 1. The fraction of sp³-hybridized carbons (Fsp3) is 0.154. The van der Waals surface area contributed by atoms with E-state index >= 15 is 0 Å². The van der Waals surface area contributed by atoms with Crippen LogP contribution >= 0.6 is 0 Å². The summed E-state index contributed by atoms with van der Waals surface area (Å²) in [6.45, 7) is 1.32. The molecule has 0 spiro atoms. The van der Waals surface area contributed by atoms with E-state index in [0.29, 0.717) is 11.4 Å². The molecule has 2 aromatic rings. The maximum absolute atomic E-state index is 13.0. The lowest BCUT2D eigenvalue weighted by Gasteiger charge is -2.06. The third kappa shape index (κ3) is 3.32. The van der Waals surface area contributed by atoms with Gasteiger partial charge in [0.1, 0.15) is 5.82 Å². The molecule has 1 aromatic heterocycles. The van der Waals surface area contributed by atoms with Gasteiger partial charge in [-0.25, -0.2) is 19.2 Å². The average Bonchev–Trinajstić information content (AvgIpc) is 2.38. The first-order valence-electron chi connectivity index (χ1n) is 5.53. The van der Waals surface area contributed by atoms with Gasteiger partial charge in [-0.05, 0) is 19.1 Å². The molecule has 5 nitrogen and oxygen atoms in total. The van der Waals surface area contributed by atoms with Crippen LogP contribution in [0.25, 0.3) is 11.4 Å². The second-order valence-corrected chi connectivity index (χ2v) is 3.81. The second kappa shape index (κ2) is 5.53. The number of hydrogen-bond acceptors (Lipinski definition) is 5. The number of carbonyl (C=O) groups is 1. The smallest absolute Gasteiger partial charge is 0.343 e. The Morgan fingerprint density at radius 3 is 2.63 bits per heavy atom. The van der Waals surface area contributed by atoms with Gasteiger partial charge in [0.2, 0.25) is 0 Å². The van der Waals surface area contributed by atoms with E-state index in [1.165, 1.54) is 31.5 Å². The topological polar surface area (TPSA) is 72.3 Å². The molecule has 0 saturated carbocycles. The zero-order valence-electron chi connectivity index (χ0n) is 10.1. The molecule has 0 fully saturated rings. The largest absolute Gasteiger partial charge is 0.433 e. The number of carbonyl (C=O) groups excluding carboxylic acids is 1. The van der Waals surface area contributed by atoms with Crippen molar-refractivity contribution < 1.29 is 19.0 Å². The van der Waals surface area contributed by atoms with Crippen LogP contribution in [0.1, 0.15) is 17.3 Å². The molecular formula is C13H11FN2O3. The van der Waals surface area contributed by atoms with Gasteiger partial charge >= 0.3 is 5.97 Å². The summed E-state index contributed by atoms with van der Waals surface area (Å²) >= 11 is 0. The first-order chi connectivity index (χ1) is 9.06. The summed E-state index contributed by atoms with van der Waals surface area (Å²) in [6.07, 6.45) is 1.33. The van der Waals surface area contributed by atoms with Crippen molar-refractivity contribution in [2.24, 2.45) is 0 Å². The van der Waals surface area contributed by atoms with Crippen molar-refractivity contribution in [2.45, 2.75) is 13.2 Å². The number of rotatable bonds is 3. The zero-order valence-corrected chi connectivity index (χ0v) is 10.1. The van der Waals surface area contributed by atoms with Gasteiger partial charge in [-0.2, -0.15) is 0 Å². The van der Waals surface area contributed by atoms with E-state index in [1.807, 2.05) is 0 Å². The number of ether oxygens (including phenoxy) is 1. The average molecular weight is 262 g/mol. The van der Waals surface area contributed by atoms with E-state index < -0.39 is 18.1 Å². The van der Waals surface area contributed by atoms with Crippen LogP contribution in [-0.4, -0.2) is 27.3 Å². The highest BCUT2D eigenvalue weighted by Gasteiger charge is 2.11. The van der Waals surface area contributed by atoms with Crippen LogP contribution in [0.15, 0.2) is 36.7 Å². The van der Waals surface area contributed by atoms with Crippen LogP contribution in [0.4, 0.5) is 4.39 Å². The molecule has 0 radical (unpaired) electrons. The van der Waals surface area contributed by atoms with Crippen LogP contribution < -0.4 is 0 Å². The van der Waals surface area contributed by atoms with Crippen LogP contribution in [-0.2, 0) is 4.74 Å². The summed E-state index contributed by atoms with van der Waals surface area (Å²) < 4.78 is 17.6. The lowest BCUT2D eigenvalue weighted by atomic mass is 10.2. The maximum Gasteiger partial charge on any atom is 0.343 e. The number of nitrogens with zero attached hydrogens (tertiary/aromatic N) is 2. The number of halogens is 1. The third-order valence-electron chi connectivity index (χ3n) is 2.25. The van der Waals surface area contributed by atoms with Gasteiger partial charge < -0.3 is 9.84 Å². The molecule has 1 heterocycles. The Morgan fingerprint density at radius 2 is 2.05 bits per heavy atom. The predicted octanol–water partition coefficient (Wildman–Crippen LogP) is 1.78. The summed E-state index contributed by atoms with van der Waals surface area (Å²) in [7, 11) is 0. The predicted molar refractivity (Wildman–Crippen MR) is 64.5 cm³/mol. The van der Waals surface area contributed by atoms with Crippen molar-refractivity contribution in [1.29, 1.82) is 0 Å². The Hall–Kier alpha value is -2.34. The highest BCUT2D eigenvalue weighted by Crippen LogP contribution is 2.15. The molecule has 0 aliphatic rings. The molecule has 1 unspecified atom stereocenters. The van der Waals surface area contributed by atoms with Gasteiger partial charge in [0, 0.05) is 18.0 Å². The monoisotopic (exact) mass is 262 g/mol. The van der Waals surface area contributed by atoms with Crippen molar-refractivity contribution in [1.82, 2.24) is 9.97 Å². The lowest BCUT2D eigenvalue weighted by Crippen LogP contribution is -2.14. The fourth-order valence-corrected chi connectivity index (χ4v) is 1.43. The highest BCUT2D eigenvalue weighted by atomic mass is 19.1. The molecule has 0 aliphatic heterocycles. The van der Waals surface area contributed by atoms with Gasteiger partial charge in [0.05, 0.1) is 5.56 Å². The SMILES string of the molecule is CC(O)OC(=O)c1cnc(-c2cccc(F)c2)nc1. The van der Waals surface area contributed by atoms with Crippen molar-refractivity contribution in [3.63, 3.8) is 0 Å². The summed E-state index contributed by atoms with van der Waals surface area (Å²) in [5.74, 6) is -0.812. The quantitative estimate of drug-likeness (QED) is 0.674. The lowest BCUT2D eigenvalue weighted by molar-refractivity contribution is -0.0523. The molecule has 1 atom stereocenters. The Bertz CT molecular complexity index is 585. The Labute approximate surface area is 108 Å². The zero-order chi connectivity index (χ0) is 13.8. The van der Waals surface area contributed by atoms with Crippen molar-refractivity contribution in [3.8, 4) is 11.4 Å². The van der Waals surface area contributed by atoms with Gasteiger partial charge in [-0.1, -0.05) is 12.1 Å². The number of benzene rings is 1. The molecule has 0 bridgehead atoms. The summed E-state index contributed by atoms with van der Waals surface area (Å²) in [6, 6.07) is 5.82. The van der Waals surface area contributed by atoms with E-state index in [-0.39, 0.29) is 5.56 Å². The van der Waals surface area contributed by atoms with Crippen LogP contribution in [0, 0.1) is 5.82 Å². The molecule has 1 aromatic carbocycles. The summed E-state index contributed by atoms with van der Waals surface area (Å²) in [5, 5.41) is 8.92. The van der Waals surface area contributed by atoms with Gasteiger partial charge in [-0.3, -0.25) is 0 Å². The molecule has 19 heavy (non-hydrogen) atoms. The minimum absolute atomic E-state index is 0.112. The van der Waals surface area contributed by atoms with E-state index in [4.69, 9.17) is 5.11 Å². The number of hydrogen-bond donors (Lipinski definition) is 1. The molecule has 98 valence electrons. The van der Waals surface area contributed by atoms with Crippen LogP contribution in [0.3, 0.4) is 0 Å². The van der Waals surface area contributed by atoms with Crippen LogP contribution in [0.5, 0.6) is 0 Å². The summed E-state index contributed by atoms with van der Waals surface area (Å²) in [5.41, 5.74) is 0.622. The molecule has 2 rings (SSSR count). The Morgan fingerprint density at radius 1 is 1.37 bits per heavy atom. The number of esters is 1. The van der Waals surface area contributed by atoms with E-state index in [9.17, 15) is 9.18 Å². The third-order valence-corrected chi connectivity index (χ3v) is 2.25. The molecule has 0 saturated heterocycles. The van der Waals surface area contributed by atoms with Crippen molar-refractivity contribution >= 4 is 5.97 Å². The first kappa shape index (κ1) is 13.1. The van der Waals surface area contributed by atoms with Crippen molar-refractivity contribution in [3.05, 3.63) is 48.0 Å². The molecular weight excluding hydrogens is 251 g/mol. The maximum atomic E-state index is 13.0. The number of aromatic nitrogens is 2.